The molecule has 0 radical (unpaired) electrons. The van der Waals surface area contributed by atoms with Crippen LogP contribution in [0.2, 0.25) is 0 Å². The van der Waals surface area contributed by atoms with Gasteiger partial charge in [0.2, 0.25) is 0 Å². The van der Waals surface area contributed by atoms with E-state index in [9.17, 15) is 4.79 Å². The first-order valence-corrected chi connectivity index (χ1v) is 10.1. The molecule has 0 aromatic heterocycles. The van der Waals surface area contributed by atoms with E-state index < -0.39 is 5.97 Å². The minimum absolute atomic E-state index is 0.363. The molecule has 0 saturated carbocycles. The SMILES string of the molecule is O=C(O)COc1ccccc1/C=N\N1CCN(Cc2cccc3ccccc23)CC1. The molecule has 0 atom stereocenters. The van der Waals surface area contributed by atoms with E-state index in [1.807, 2.05) is 23.2 Å². The van der Waals surface area contributed by atoms with E-state index in [0.29, 0.717) is 5.75 Å². The summed E-state index contributed by atoms with van der Waals surface area (Å²) < 4.78 is 5.34. The van der Waals surface area contributed by atoms with Crippen LogP contribution in [0.3, 0.4) is 0 Å². The van der Waals surface area contributed by atoms with Crippen molar-refractivity contribution in [3.05, 3.63) is 77.9 Å². The second-order valence-corrected chi connectivity index (χ2v) is 7.33. The minimum atomic E-state index is -0.996. The molecule has 6 heteroatoms. The number of piperazine rings is 1. The fourth-order valence-corrected chi connectivity index (χ4v) is 3.68. The Kier molecular flexibility index (Phi) is 6.25. The third kappa shape index (κ3) is 4.96. The van der Waals surface area contributed by atoms with E-state index in [2.05, 4.69) is 52.5 Å². The van der Waals surface area contributed by atoms with Gasteiger partial charge < -0.3 is 9.84 Å². The van der Waals surface area contributed by atoms with Gasteiger partial charge in [0.15, 0.2) is 6.61 Å². The summed E-state index contributed by atoms with van der Waals surface area (Å²) >= 11 is 0. The van der Waals surface area contributed by atoms with Gasteiger partial charge in [0.25, 0.3) is 0 Å². The van der Waals surface area contributed by atoms with Gasteiger partial charge in [-0.05, 0) is 28.5 Å². The van der Waals surface area contributed by atoms with Gasteiger partial charge in [0, 0.05) is 38.3 Å². The van der Waals surface area contributed by atoms with Crippen molar-refractivity contribution in [2.45, 2.75) is 6.54 Å². The van der Waals surface area contributed by atoms with Crippen LogP contribution in [0, 0.1) is 0 Å². The van der Waals surface area contributed by atoms with Crippen molar-refractivity contribution < 1.29 is 14.6 Å². The van der Waals surface area contributed by atoms with Crippen LogP contribution in [-0.2, 0) is 11.3 Å². The fraction of sp³-hybridized carbons (Fsp3) is 0.250. The number of hydrazone groups is 1. The van der Waals surface area contributed by atoms with Crippen LogP contribution in [0.25, 0.3) is 10.8 Å². The summed E-state index contributed by atoms with van der Waals surface area (Å²) in [6, 6.07) is 22.3. The Morgan fingerprint density at radius 2 is 1.70 bits per heavy atom. The van der Waals surface area contributed by atoms with Crippen LogP contribution in [0.1, 0.15) is 11.1 Å². The molecule has 4 rings (SSSR count). The highest BCUT2D eigenvalue weighted by Crippen LogP contribution is 2.21. The fourth-order valence-electron chi connectivity index (χ4n) is 3.68. The highest BCUT2D eigenvalue weighted by molar-refractivity contribution is 5.85. The molecule has 0 bridgehead atoms. The molecule has 3 aromatic rings. The standard InChI is InChI=1S/C24H25N3O3/c28-24(29)18-30-23-11-4-2-7-20(23)16-25-27-14-12-26(13-15-27)17-21-9-5-8-19-6-1-3-10-22(19)21/h1-11,16H,12-15,17-18H2,(H,28,29)/b25-16-. The Labute approximate surface area is 176 Å². The number of aliphatic carboxylic acids is 1. The summed E-state index contributed by atoms with van der Waals surface area (Å²) in [5.74, 6) is -0.470. The zero-order chi connectivity index (χ0) is 20.8. The Balaban J connectivity index is 1.34. The lowest BCUT2D eigenvalue weighted by Gasteiger charge is -2.33. The van der Waals surface area contributed by atoms with Crippen molar-refractivity contribution in [3.63, 3.8) is 0 Å². The number of ether oxygens (including phenoxy) is 1. The molecule has 6 nitrogen and oxygen atoms in total. The van der Waals surface area contributed by atoms with Crippen LogP contribution in [-0.4, -0.2) is 60.0 Å². The Morgan fingerprint density at radius 1 is 0.967 bits per heavy atom. The lowest BCUT2D eigenvalue weighted by Crippen LogP contribution is -2.43. The maximum absolute atomic E-state index is 10.8. The number of nitrogens with zero attached hydrogens (tertiary/aromatic N) is 3. The zero-order valence-corrected chi connectivity index (χ0v) is 16.8. The molecule has 1 heterocycles. The average molecular weight is 403 g/mol. The number of hydrogen-bond donors (Lipinski definition) is 1. The van der Waals surface area contributed by atoms with E-state index >= 15 is 0 Å². The molecule has 30 heavy (non-hydrogen) atoms. The maximum atomic E-state index is 10.8. The molecule has 3 aromatic carbocycles. The second kappa shape index (κ2) is 9.41. The van der Waals surface area contributed by atoms with E-state index in [1.54, 1.807) is 12.3 Å². The van der Waals surface area contributed by atoms with Gasteiger partial charge in [-0.25, -0.2) is 4.79 Å². The first-order valence-electron chi connectivity index (χ1n) is 10.1. The van der Waals surface area contributed by atoms with E-state index in [0.717, 1.165) is 38.3 Å². The van der Waals surface area contributed by atoms with Crippen molar-refractivity contribution in [3.8, 4) is 5.75 Å². The number of carboxylic acids is 1. The van der Waals surface area contributed by atoms with Crippen LogP contribution in [0.4, 0.5) is 0 Å². The van der Waals surface area contributed by atoms with Gasteiger partial charge in [-0.3, -0.25) is 9.91 Å². The van der Waals surface area contributed by atoms with Crippen molar-refractivity contribution in [2.75, 3.05) is 32.8 Å². The van der Waals surface area contributed by atoms with Gasteiger partial charge in [0.05, 0.1) is 6.21 Å². The average Bonchev–Trinajstić information content (AvgIpc) is 2.78. The van der Waals surface area contributed by atoms with Crippen LogP contribution < -0.4 is 4.74 Å². The third-order valence-corrected chi connectivity index (χ3v) is 5.25. The number of hydrogen-bond acceptors (Lipinski definition) is 5. The van der Waals surface area contributed by atoms with E-state index in [-0.39, 0.29) is 6.61 Å². The third-order valence-electron chi connectivity index (χ3n) is 5.25. The zero-order valence-electron chi connectivity index (χ0n) is 16.8. The molecule has 1 aliphatic rings. The van der Waals surface area contributed by atoms with Gasteiger partial charge in [-0.2, -0.15) is 5.10 Å². The first-order chi connectivity index (χ1) is 14.7. The predicted octanol–water partition coefficient (Wildman–Crippen LogP) is 3.45. The molecule has 1 N–H and O–H groups in total. The predicted molar refractivity (Wildman–Crippen MR) is 118 cm³/mol. The van der Waals surface area contributed by atoms with Crippen LogP contribution in [0.15, 0.2) is 71.8 Å². The lowest BCUT2D eigenvalue weighted by atomic mass is 10.0. The van der Waals surface area contributed by atoms with Crippen molar-refractivity contribution in [2.24, 2.45) is 5.10 Å². The normalized spacial score (nSPS) is 15.0. The molecule has 1 saturated heterocycles. The highest BCUT2D eigenvalue weighted by atomic mass is 16.5. The van der Waals surface area contributed by atoms with Gasteiger partial charge >= 0.3 is 5.97 Å². The van der Waals surface area contributed by atoms with Crippen LogP contribution >= 0.6 is 0 Å². The molecule has 1 fully saturated rings. The molecular formula is C24H25N3O3. The molecular weight excluding hydrogens is 378 g/mol. The minimum Gasteiger partial charge on any atom is -0.481 e. The van der Waals surface area contributed by atoms with Crippen molar-refractivity contribution in [1.29, 1.82) is 0 Å². The van der Waals surface area contributed by atoms with Gasteiger partial charge in [0.1, 0.15) is 5.75 Å². The molecule has 1 aliphatic heterocycles. The monoisotopic (exact) mass is 403 g/mol. The number of fused-ring (bicyclic) bond motifs is 1. The van der Waals surface area contributed by atoms with E-state index in [1.165, 1.54) is 16.3 Å². The van der Waals surface area contributed by atoms with Crippen molar-refractivity contribution >= 4 is 23.0 Å². The largest absolute Gasteiger partial charge is 0.481 e. The smallest absolute Gasteiger partial charge is 0.341 e. The maximum Gasteiger partial charge on any atom is 0.341 e. The molecule has 0 amide bonds. The second-order valence-electron chi connectivity index (χ2n) is 7.33. The van der Waals surface area contributed by atoms with Crippen LogP contribution in [0.5, 0.6) is 5.75 Å². The number of para-hydroxylation sites is 1. The number of carbonyl (C=O) groups is 1. The summed E-state index contributed by atoms with van der Waals surface area (Å²) in [6.07, 6.45) is 1.75. The number of benzene rings is 3. The lowest BCUT2D eigenvalue weighted by molar-refractivity contribution is -0.139. The van der Waals surface area contributed by atoms with E-state index in [4.69, 9.17) is 9.84 Å². The topological polar surface area (TPSA) is 65.4 Å². The molecule has 0 unspecified atom stereocenters. The summed E-state index contributed by atoms with van der Waals surface area (Å²) in [5.41, 5.74) is 2.13. The molecule has 0 aliphatic carbocycles. The van der Waals surface area contributed by atoms with Gasteiger partial charge in [-0.15, -0.1) is 0 Å². The summed E-state index contributed by atoms with van der Waals surface area (Å²) in [7, 11) is 0. The summed E-state index contributed by atoms with van der Waals surface area (Å²) in [6.45, 7) is 4.15. The quantitative estimate of drug-likeness (QED) is 0.612. The van der Waals surface area contributed by atoms with Crippen molar-refractivity contribution in [1.82, 2.24) is 9.91 Å². The molecule has 0 spiro atoms. The Hall–Kier alpha value is -3.38. The Morgan fingerprint density at radius 3 is 2.53 bits per heavy atom. The first kappa shape index (κ1) is 19.9. The molecule has 154 valence electrons. The van der Waals surface area contributed by atoms with Gasteiger partial charge in [-0.1, -0.05) is 54.6 Å². The summed E-state index contributed by atoms with van der Waals surface area (Å²) in [4.78, 5) is 13.2. The summed E-state index contributed by atoms with van der Waals surface area (Å²) in [5, 5.41) is 18.1. The Bertz CT molecular complexity index is 1040. The number of carboxylic acid groups (broad SMARTS) is 1. The highest BCUT2D eigenvalue weighted by Gasteiger charge is 2.16. The number of rotatable bonds is 7.